The summed E-state index contributed by atoms with van der Waals surface area (Å²) >= 11 is 11.9. The van der Waals surface area contributed by atoms with Crippen LogP contribution in [0, 0.1) is 5.92 Å². The van der Waals surface area contributed by atoms with Crippen LogP contribution in [0.2, 0.25) is 10.0 Å². The Morgan fingerprint density at radius 3 is 2.88 bits per heavy atom. The van der Waals surface area contributed by atoms with Crippen molar-refractivity contribution >= 4 is 23.2 Å². The minimum Gasteiger partial charge on any atom is -0.372 e. The molecule has 0 aromatic heterocycles. The maximum absolute atomic E-state index is 6.02. The third-order valence-electron chi connectivity index (χ3n) is 2.83. The minimum atomic E-state index is 0.102. The number of ether oxygens (including phenoxy) is 1. The second kappa shape index (κ2) is 5.37. The van der Waals surface area contributed by atoms with Crippen molar-refractivity contribution in [3.63, 3.8) is 0 Å². The maximum atomic E-state index is 6.02. The van der Waals surface area contributed by atoms with Gasteiger partial charge >= 0.3 is 0 Å². The molecule has 2 nitrogen and oxygen atoms in total. The lowest BCUT2D eigenvalue weighted by molar-refractivity contribution is 0.0360. The highest BCUT2D eigenvalue weighted by molar-refractivity contribution is 6.42. The number of halogens is 2. The fraction of sp³-hybridized carbons (Fsp3) is 0.500. The summed E-state index contributed by atoms with van der Waals surface area (Å²) in [6, 6.07) is 5.71. The van der Waals surface area contributed by atoms with Crippen LogP contribution in [0.1, 0.15) is 18.6 Å². The molecule has 1 aliphatic rings. The molecule has 1 heterocycles. The Morgan fingerprint density at radius 1 is 1.31 bits per heavy atom. The van der Waals surface area contributed by atoms with Crippen LogP contribution in [0.4, 0.5) is 0 Å². The zero-order chi connectivity index (χ0) is 11.5. The first-order chi connectivity index (χ1) is 7.68. The van der Waals surface area contributed by atoms with E-state index >= 15 is 0 Å². The fourth-order valence-electron chi connectivity index (χ4n) is 1.97. The molecular formula is C12H15Cl2NO. The van der Waals surface area contributed by atoms with Crippen molar-refractivity contribution in [1.29, 1.82) is 0 Å². The Balaban J connectivity index is 2.23. The van der Waals surface area contributed by atoms with E-state index in [1.807, 2.05) is 18.2 Å². The van der Waals surface area contributed by atoms with Crippen LogP contribution in [-0.2, 0) is 4.74 Å². The van der Waals surface area contributed by atoms with Gasteiger partial charge in [0, 0.05) is 13.1 Å². The van der Waals surface area contributed by atoms with Crippen LogP contribution in [-0.4, -0.2) is 19.7 Å². The normalized spacial score (nSPS) is 26.4. The summed E-state index contributed by atoms with van der Waals surface area (Å²) in [5.41, 5.74) is 1.10. The van der Waals surface area contributed by atoms with E-state index in [9.17, 15) is 0 Å². The summed E-state index contributed by atoms with van der Waals surface area (Å²) in [5, 5.41) is 4.52. The molecule has 16 heavy (non-hydrogen) atoms. The van der Waals surface area contributed by atoms with Crippen LogP contribution in [0.25, 0.3) is 0 Å². The Bertz CT molecular complexity index is 370. The average Bonchev–Trinajstić information content (AvgIpc) is 2.47. The Kier molecular flexibility index (Phi) is 4.09. The first kappa shape index (κ1) is 12.2. The number of nitrogens with one attached hydrogen (secondary N) is 1. The van der Waals surface area contributed by atoms with Gasteiger partial charge in [0.2, 0.25) is 0 Å². The molecule has 0 radical (unpaired) electrons. The molecule has 0 amide bonds. The molecule has 2 rings (SSSR count). The van der Waals surface area contributed by atoms with Crippen LogP contribution in [0.5, 0.6) is 0 Å². The van der Waals surface area contributed by atoms with Gasteiger partial charge in [0.1, 0.15) is 0 Å². The highest BCUT2D eigenvalue weighted by atomic mass is 35.5. The first-order valence-corrected chi connectivity index (χ1v) is 6.21. The van der Waals surface area contributed by atoms with Gasteiger partial charge < -0.3 is 10.1 Å². The lowest BCUT2D eigenvalue weighted by Crippen LogP contribution is -2.22. The second-order valence-corrected chi connectivity index (χ2v) is 4.96. The monoisotopic (exact) mass is 259 g/mol. The highest BCUT2D eigenvalue weighted by Crippen LogP contribution is 2.31. The second-order valence-electron chi connectivity index (χ2n) is 4.15. The molecule has 0 bridgehead atoms. The van der Waals surface area contributed by atoms with Gasteiger partial charge in [-0.3, -0.25) is 0 Å². The molecule has 1 aromatic carbocycles. The van der Waals surface area contributed by atoms with Crippen molar-refractivity contribution in [2.24, 2.45) is 5.92 Å². The van der Waals surface area contributed by atoms with E-state index in [0.29, 0.717) is 16.0 Å². The van der Waals surface area contributed by atoms with Crippen LogP contribution in [0.15, 0.2) is 18.2 Å². The molecule has 0 saturated carbocycles. The van der Waals surface area contributed by atoms with Gasteiger partial charge in [0.25, 0.3) is 0 Å². The summed E-state index contributed by atoms with van der Waals surface area (Å²) in [6.07, 6.45) is 0.102. The third kappa shape index (κ3) is 2.69. The van der Waals surface area contributed by atoms with E-state index in [4.69, 9.17) is 27.9 Å². The van der Waals surface area contributed by atoms with E-state index in [1.54, 1.807) is 0 Å². The van der Waals surface area contributed by atoms with Crippen LogP contribution >= 0.6 is 23.2 Å². The van der Waals surface area contributed by atoms with Crippen molar-refractivity contribution in [2.45, 2.75) is 13.0 Å². The zero-order valence-corrected chi connectivity index (χ0v) is 10.7. The molecule has 1 saturated heterocycles. The van der Waals surface area contributed by atoms with Crippen molar-refractivity contribution < 1.29 is 4.74 Å². The molecule has 1 aliphatic heterocycles. The Morgan fingerprint density at radius 2 is 2.12 bits per heavy atom. The maximum Gasteiger partial charge on any atom is 0.0863 e. The lowest BCUT2D eigenvalue weighted by atomic mass is 9.97. The average molecular weight is 260 g/mol. The summed E-state index contributed by atoms with van der Waals surface area (Å²) in [6.45, 7) is 4.77. The van der Waals surface area contributed by atoms with Gasteiger partial charge in [-0.05, 0) is 23.6 Å². The number of benzene rings is 1. The van der Waals surface area contributed by atoms with Crippen molar-refractivity contribution in [2.75, 3.05) is 19.7 Å². The molecule has 2 atom stereocenters. The zero-order valence-electron chi connectivity index (χ0n) is 9.17. The van der Waals surface area contributed by atoms with Crippen molar-refractivity contribution in [3.05, 3.63) is 33.8 Å². The number of hydrogen-bond donors (Lipinski definition) is 1. The summed E-state index contributed by atoms with van der Waals surface area (Å²) in [4.78, 5) is 0. The van der Waals surface area contributed by atoms with Gasteiger partial charge in [-0.2, -0.15) is 0 Å². The SMILES string of the molecule is C[C@H]1CNCCO[C@@H]1c1ccc(Cl)c(Cl)c1. The van der Waals surface area contributed by atoms with E-state index in [0.717, 1.165) is 25.3 Å². The molecule has 88 valence electrons. The summed E-state index contributed by atoms with van der Waals surface area (Å²) in [7, 11) is 0. The van der Waals surface area contributed by atoms with Gasteiger partial charge in [-0.25, -0.2) is 0 Å². The van der Waals surface area contributed by atoms with E-state index in [2.05, 4.69) is 12.2 Å². The molecule has 0 unspecified atom stereocenters. The fourth-order valence-corrected chi connectivity index (χ4v) is 2.28. The lowest BCUT2D eigenvalue weighted by Gasteiger charge is -2.21. The molecule has 0 spiro atoms. The third-order valence-corrected chi connectivity index (χ3v) is 3.57. The van der Waals surface area contributed by atoms with Crippen LogP contribution < -0.4 is 5.32 Å². The molecule has 1 fully saturated rings. The number of hydrogen-bond acceptors (Lipinski definition) is 2. The van der Waals surface area contributed by atoms with Gasteiger partial charge in [0.15, 0.2) is 0 Å². The number of rotatable bonds is 1. The smallest absolute Gasteiger partial charge is 0.0863 e. The van der Waals surface area contributed by atoms with Gasteiger partial charge in [-0.15, -0.1) is 0 Å². The molecule has 4 heteroatoms. The quantitative estimate of drug-likeness (QED) is 0.836. The summed E-state index contributed by atoms with van der Waals surface area (Å²) in [5.74, 6) is 0.430. The Labute approximate surface area is 106 Å². The predicted molar refractivity (Wildman–Crippen MR) is 67.2 cm³/mol. The van der Waals surface area contributed by atoms with E-state index < -0.39 is 0 Å². The van der Waals surface area contributed by atoms with Gasteiger partial charge in [-0.1, -0.05) is 36.2 Å². The minimum absolute atomic E-state index is 0.102. The van der Waals surface area contributed by atoms with Crippen molar-refractivity contribution in [3.8, 4) is 0 Å². The van der Waals surface area contributed by atoms with E-state index in [1.165, 1.54) is 0 Å². The molecule has 1 aromatic rings. The molecule has 0 aliphatic carbocycles. The molecular weight excluding hydrogens is 245 g/mol. The summed E-state index contributed by atoms with van der Waals surface area (Å²) < 4.78 is 5.83. The van der Waals surface area contributed by atoms with Crippen molar-refractivity contribution in [1.82, 2.24) is 5.32 Å². The Hall–Kier alpha value is -0.280. The van der Waals surface area contributed by atoms with Crippen LogP contribution in [0.3, 0.4) is 0 Å². The molecule has 1 N–H and O–H groups in total. The van der Waals surface area contributed by atoms with E-state index in [-0.39, 0.29) is 6.10 Å². The standard InChI is InChI=1S/C12H15Cl2NO/c1-8-7-15-4-5-16-12(8)9-2-3-10(13)11(14)6-9/h2-3,6,8,12,15H,4-5,7H2,1H3/t8-,12-/m0/s1. The topological polar surface area (TPSA) is 21.3 Å². The largest absolute Gasteiger partial charge is 0.372 e. The highest BCUT2D eigenvalue weighted by Gasteiger charge is 2.22. The first-order valence-electron chi connectivity index (χ1n) is 5.46. The predicted octanol–water partition coefficient (Wildman–Crippen LogP) is 3.29. The van der Waals surface area contributed by atoms with Gasteiger partial charge in [0.05, 0.1) is 22.8 Å².